The van der Waals surface area contributed by atoms with Gasteiger partial charge in [-0.1, -0.05) is 6.07 Å². The number of sulfone groups is 1. The number of benzene rings is 1. The van der Waals surface area contributed by atoms with E-state index in [9.17, 15) is 21.6 Å². The maximum absolute atomic E-state index is 13.5. The van der Waals surface area contributed by atoms with Gasteiger partial charge in [-0.2, -0.15) is 0 Å². The topological polar surface area (TPSA) is 72.2 Å². The van der Waals surface area contributed by atoms with Gasteiger partial charge in [0.05, 0.1) is 11.3 Å². The highest BCUT2D eigenvalue weighted by atomic mass is 32.2. The summed E-state index contributed by atoms with van der Waals surface area (Å²) >= 11 is 0. The number of nitrogens with two attached hydrogens (primary N) is 1. The molecule has 0 amide bonds. The third-order valence-electron chi connectivity index (χ3n) is 2.72. The van der Waals surface area contributed by atoms with E-state index in [1.165, 1.54) is 6.92 Å². The minimum Gasteiger partial charge on any atom is -0.271 e. The van der Waals surface area contributed by atoms with Crippen LogP contribution in [0.25, 0.3) is 0 Å². The van der Waals surface area contributed by atoms with Crippen LogP contribution in [0.3, 0.4) is 0 Å². The second kappa shape index (κ2) is 5.25. The summed E-state index contributed by atoms with van der Waals surface area (Å²) in [5.41, 5.74) is 1.77. The van der Waals surface area contributed by atoms with E-state index in [0.29, 0.717) is 6.07 Å². The third kappa shape index (κ3) is 2.82. The highest BCUT2D eigenvalue weighted by molar-refractivity contribution is 7.91. The molecule has 0 aliphatic rings. The minimum absolute atomic E-state index is 0.339. The molecule has 1 aromatic rings. The van der Waals surface area contributed by atoms with Gasteiger partial charge in [-0.05, 0) is 13.0 Å². The molecule has 0 spiro atoms. The zero-order valence-corrected chi connectivity index (χ0v) is 10.6. The van der Waals surface area contributed by atoms with E-state index in [1.807, 2.05) is 0 Å². The molecule has 0 saturated carbocycles. The van der Waals surface area contributed by atoms with E-state index in [2.05, 4.69) is 5.43 Å². The van der Waals surface area contributed by atoms with Crippen molar-refractivity contribution in [2.24, 2.45) is 5.84 Å². The predicted octanol–water partition coefficient (Wildman–Crippen LogP) is 1.04. The van der Waals surface area contributed by atoms with Crippen molar-refractivity contribution in [2.45, 2.75) is 18.2 Å². The Labute approximate surface area is 103 Å². The average molecular weight is 282 g/mol. The number of hydrazine groups is 1. The maximum atomic E-state index is 13.5. The highest BCUT2D eigenvalue weighted by Gasteiger charge is 2.30. The van der Waals surface area contributed by atoms with Crippen molar-refractivity contribution in [3.05, 3.63) is 35.1 Å². The molecule has 8 heteroatoms. The largest absolute Gasteiger partial charge is 0.271 e. The highest BCUT2D eigenvalue weighted by Crippen LogP contribution is 2.26. The first-order valence-corrected chi connectivity index (χ1v) is 6.94. The summed E-state index contributed by atoms with van der Waals surface area (Å²) in [6.45, 7) is 1.29. The van der Waals surface area contributed by atoms with E-state index in [4.69, 9.17) is 5.84 Å². The van der Waals surface area contributed by atoms with Crippen LogP contribution < -0.4 is 11.3 Å². The van der Waals surface area contributed by atoms with E-state index in [-0.39, 0.29) is 5.56 Å². The Morgan fingerprint density at radius 2 is 1.78 bits per heavy atom. The Bertz CT molecular complexity index is 548. The van der Waals surface area contributed by atoms with Crippen LogP contribution in [0.4, 0.5) is 13.2 Å². The molecule has 2 atom stereocenters. The van der Waals surface area contributed by atoms with Crippen molar-refractivity contribution in [3.8, 4) is 0 Å². The first-order valence-electron chi connectivity index (χ1n) is 4.98. The van der Waals surface area contributed by atoms with Gasteiger partial charge < -0.3 is 0 Å². The van der Waals surface area contributed by atoms with Crippen LogP contribution in [-0.2, 0) is 9.84 Å². The lowest BCUT2D eigenvalue weighted by Gasteiger charge is -2.22. The minimum atomic E-state index is -3.53. The Morgan fingerprint density at radius 3 is 2.22 bits per heavy atom. The fourth-order valence-corrected chi connectivity index (χ4v) is 2.23. The van der Waals surface area contributed by atoms with Crippen molar-refractivity contribution in [1.29, 1.82) is 0 Å². The second-order valence-electron chi connectivity index (χ2n) is 3.94. The van der Waals surface area contributed by atoms with Crippen molar-refractivity contribution in [2.75, 3.05) is 6.26 Å². The van der Waals surface area contributed by atoms with Gasteiger partial charge >= 0.3 is 0 Å². The first-order chi connectivity index (χ1) is 8.20. The summed E-state index contributed by atoms with van der Waals surface area (Å²) in [7, 11) is -3.53. The molecule has 3 N–H and O–H groups in total. The van der Waals surface area contributed by atoms with Crippen LogP contribution in [0.15, 0.2) is 12.1 Å². The summed E-state index contributed by atoms with van der Waals surface area (Å²) in [6, 6.07) is 0.502. The Hall–Kier alpha value is -1.12. The van der Waals surface area contributed by atoms with Crippen molar-refractivity contribution in [3.63, 3.8) is 0 Å². The maximum Gasteiger partial charge on any atom is 0.194 e. The van der Waals surface area contributed by atoms with Gasteiger partial charge in [0.15, 0.2) is 27.3 Å². The third-order valence-corrected chi connectivity index (χ3v) is 4.35. The van der Waals surface area contributed by atoms with E-state index < -0.39 is 38.6 Å². The summed E-state index contributed by atoms with van der Waals surface area (Å²) in [5, 5.41) is -1.10. The predicted molar refractivity (Wildman–Crippen MR) is 60.7 cm³/mol. The van der Waals surface area contributed by atoms with Crippen LogP contribution >= 0.6 is 0 Å². The average Bonchev–Trinajstić information content (AvgIpc) is 2.28. The van der Waals surface area contributed by atoms with Crippen molar-refractivity contribution in [1.82, 2.24) is 5.43 Å². The standard InChI is InChI=1S/C10H13F3N2O2S/c1-5(18(2,16)17)10(15-14)6-3-4-7(11)9(13)8(6)12/h3-5,10,15H,14H2,1-2H3. The number of hydrogen-bond donors (Lipinski definition) is 2. The van der Waals surface area contributed by atoms with Gasteiger partial charge in [0.25, 0.3) is 0 Å². The normalized spacial score (nSPS) is 15.4. The van der Waals surface area contributed by atoms with Gasteiger partial charge in [0, 0.05) is 11.8 Å². The molecule has 1 aromatic carbocycles. The van der Waals surface area contributed by atoms with Gasteiger partial charge in [-0.3, -0.25) is 11.3 Å². The molecule has 0 saturated heterocycles. The van der Waals surface area contributed by atoms with Gasteiger partial charge in [0.2, 0.25) is 0 Å². The van der Waals surface area contributed by atoms with Crippen LogP contribution in [-0.4, -0.2) is 19.9 Å². The Balaban J connectivity index is 3.31. The van der Waals surface area contributed by atoms with Crippen LogP contribution in [0.1, 0.15) is 18.5 Å². The monoisotopic (exact) mass is 282 g/mol. The fraction of sp³-hybridized carbons (Fsp3) is 0.400. The zero-order valence-electron chi connectivity index (χ0n) is 9.75. The van der Waals surface area contributed by atoms with Gasteiger partial charge in [-0.25, -0.2) is 21.6 Å². The Kier molecular flexibility index (Phi) is 4.36. The van der Waals surface area contributed by atoms with Crippen LogP contribution in [0.2, 0.25) is 0 Å². The molecular weight excluding hydrogens is 269 g/mol. The lowest BCUT2D eigenvalue weighted by atomic mass is 10.0. The molecule has 0 aromatic heterocycles. The molecule has 1 rings (SSSR count). The number of nitrogens with one attached hydrogen (secondary N) is 1. The summed E-state index contributed by atoms with van der Waals surface area (Å²) in [6.07, 6.45) is 0.944. The zero-order chi connectivity index (χ0) is 14.1. The molecule has 2 unspecified atom stereocenters. The lowest BCUT2D eigenvalue weighted by Crippen LogP contribution is -2.39. The summed E-state index contributed by atoms with van der Waals surface area (Å²) in [4.78, 5) is 0. The molecule has 0 bridgehead atoms. The van der Waals surface area contributed by atoms with Crippen molar-refractivity contribution < 1.29 is 21.6 Å². The molecule has 0 heterocycles. The smallest absolute Gasteiger partial charge is 0.194 e. The SMILES string of the molecule is CC(C(NN)c1ccc(F)c(F)c1F)S(C)(=O)=O. The molecule has 18 heavy (non-hydrogen) atoms. The molecule has 0 fully saturated rings. The quantitative estimate of drug-likeness (QED) is 0.492. The summed E-state index contributed by atoms with van der Waals surface area (Å²) in [5.74, 6) is 0.705. The number of halogens is 3. The first kappa shape index (κ1) is 14.9. The molecule has 4 nitrogen and oxygen atoms in total. The van der Waals surface area contributed by atoms with Crippen LogP contribution in [0, 0.1) is 17.5 Å². The molecule has 0 aliphatic heterocycles. The van der Waals surface area contributed by atoms with Gasteiger partial charge in [-0.15, -0.1) is 0 Å². The number of rotatable bonds is 4. The summed E-state index contributed by atoms with van der Waals surface area (Å²) < 4.78 is 62.2. The van der Waals surface area contributed by atoms with Crippen LogP contribution in [0.5, 0.6) is 0 Å². The van der Waals surface area contributed by atoms with E-state index >= 15 is 0 Å². The molecular formula is C10H13F3N2O2S. The van der Waals surface area contributed by atoms with Gasteiger partial charge in [0.1, 0.15) is 0 Å². The van der Waals surface area contributed by atoms with E-state index in [1.54, 1.807) is 0 Å². The fourth-order valence-electron chi connectivity index (χ4n) is 1.51. The molecule has 0 radical (unpaired) electrons. The van der Waals surface area contributed by atoms with Crippen molar-refractivity contribution >= 4 is 9.84 Å². The van der Waals surface area contributed by atoms with E-state index in [0.717, 1.165) is 12.3 Å². The molecule has 0 aliphatic carbocycles. The lowest BCUT2D eigenvalue weighted by molar-refractivity contribution is 0.422. The Morgan fingerprint density at radius 1 is 1.22 bits per heavy atom. The second-order valence-corrected chi connectivity index (χ2v) is 6.35. The molecule has 102 valence electrons. The number of hydrogen-bond acceptors (Lipinski definition) is 4.